The summed E-state index contributed by atoms with van der Waals surface area (Å²) in [5.41, 5.74) is 0.453. The summed E-state index contributed by atoms with van der Waals surface area (Å²) in [6.07, 6.45) is 0.712. The van der Waals surface area contributed by atoms with Crippen LogP contribution < -0.4 is 4.74 Å². The molecular formula is C12H15NO3. The molecule has 0 aliphatic rings. The monoisotopic (exact) mass is 221 g/mol. The molecule has 0 unspecified atom stereocenters. The normalized spacial score (nSPS) is 9.62. The number of benzene rings is 1. The fourth-order valence-corrected chi connectivity index (χ4v) is 1.14. The van der Waals surface area contributed by atoms with E-state index in [9.17, 15) is 9.59 Å². The van der Waals surface area contributed by atoms with E-state index in [4.69, 9.17) is 4.74 Å². The first kappa shape index (κ1) is 12.2. The van der Waals surface area contributed by atoms with Crippen LogP contribution >= 0.6 is 0 Å². The van der Waals surface area contributed by atoms with Crippen molar-refractivity contribution < 1.29 is 14.3 Å². The maximum absolute atomic E-state index is 11.5. The van der Waals surface area contributed by atoms with E-state index in [0.29, 0.717) is 24.1 Å². The highest BCUT2D eigenvalue weighted by Gasteiger charge is 2.08. The highest BCUT2D eigenvalue weighted by Crippen LogP contribution is 2.15. The van der Waals surface area contributed by atoms with Crippen LogP contribution in [0, 0.1) is 0 Å². The second-order valence-corrected chi connectivity index (χ2v) is 3.35. The molecule has 0 aliphatic heterocycles. The molecule has 4 heteroatoms. The van der Waals surface area contributed by atoms with Gasteiger partial charge in [0.25, 0.3) is 5.91 Å². The van der Waals surface area contributed by atoms with Gasteiger partial charge in [-0.15, -0.1) is 0 Å². The number of ether oxygens (including phenoxy) is 1. The lowest BCUT2D eigenvalue weighted by Gasteiger charge is -2.15. The molecule has 1 aromatic carbocycles. The van der Waals surface area contributed by atoms with Crippen molar-refractivity contribution in [1.29, 1.82) is 0 Å². The maximum atomic E-state index is 11.5. The van der Waals surface area contributed by atoms with Crippen molar-refractivity contribution in [2.75, 3.05) is 20.2 Å². The minimum atomic E-state index is -0.108. The number of hydrogen-bond acceptors (Lipinski definition) is 3. The first-order valence-corrected chi connectivity index (χ1v) is 5.10. The Morgan fingerprint density at radius 1 is 1.44 bits per heavy atom. The summed E-state index contributed by atoms with van der Waals surface area (Å²) < 4.78 is 5.29. The Morgan fingerprint density at radius 3 is 2.75 bits per heavy atom. The van der Waals surface area contributed by atoms with E-state index in [0.717, 1.165) is 0 Å². The van der Waals surface area contributed by atoms with Crippen molar-refractivity contribution in [2.24, 2.45) is 0 Å². The fraction of sp³-hybridized carbons (Fsp3) is 0.333. The van der Waals surface area contributed by atoms with E-state index >= 15 is 0 Å². The van der Waals surface area contributed by atoms with Gasteiger partial charge >= 0.3 is 0 Å². The van der Waals surface area contributed by atoms with E-state index in [-0.39, 0.29) is 12.5 Å². The van der Waals surface area contributed by atoms with Crippen LogP contribution in [0.5, 0.6) is 5.75 Å². The topological polar surface area (TPSA) is 46.6 Å². The minimum absolute atomic E-state index is 0.0464. The molecule has 0 saturated heterocycles. The van der Waals surface area contributed by atoms with Crippen LogP contribution in [0.2, 0.25) is 0 Å². The average Bonchev–Trinajstić information content (AvgIpc) is 2.35. The Kier molecular flexibility index (Phi) is 4.51. The number of aldehydes is 1. The number of likely N-dealkylation sites (N-methyl/N-ethyl adjacent to an activating group) is 1. The number of para-hydroxylation sites is 1. The quantitative estimate of drug-likeness (QED) is 0.705. The standard InChI is InChI=1S/C12H15NO3/c1-3-13(2)12(15)9-16-11-7-5-4-6-10(11)8-14/h4-8H,3,9H2,1-2H3. The van der Waals surface area contributed by atoms with Crippen molar-refractivity contribution >= 4 is 12.2 Å². The van der Waals surface area contributed by atoms with E-state index in [1.165, 1.54) is 0 Å². The molecule has 0 heterocycles. The first-order chi connectivity index (χ1) is 7.69. The number of hydrogen-bond donors (Lipinski definition) is 0. The van der Waals surface area contributed by atoms with Crippen LogP contribution in [-0.4, -0.2) is 37.3 Å². The molecule has 86 valence electrons. The van der Waals surface area contributed by atoms with Crippen molar-refractivity contribution in [3.05, 3.63) is 29.8 Å². The van der Waals surface area contributed by atoms with Gasteiger partial charge in [-0.1, -0.05) is 12.1 Å². The van der Waals surface area contributed by atoms with E-state index in [1.54, 1.807) is 36.2 Å². The van der Waals surface area contributed by atoms with Gasteiger partial charge in [-0.2, -0.15) is 0 Å². The molecule has 1 rings (SSSR count). The molecule has 0 radical (unpaired) electrons. The highest BCUT2D eigenvalue weighted by atomic mass is 16.5. The largest absolute Gasteiger partial charge is 0.483 e. The zero-order chi connectivity index (χ0) is 12.0. The van der Waals surface area contributed by atoms with Crippen LogP contribution in [0.25, 0.3) is 0 Å². The third-order valence-corrected chi connectivity index (χ3v) is 2.30. The van der Waals surface area contributed by atoms with Crippen LogP contribution in [0.4, 0.5) is 0 Å². The lowest BCUT2D eigenvalue weighted by Crippen LogP contribution is -2.31. The second-order valence-electron chi connectivity index (χ2n) is 3.35. The van der Waals surface area contributed by atoms with E-state index < -0.39 is 0 Å². The van der Waals surface area contributed by atoms with Gasteiger partial charge in [0.05, 0.1) is 5.56 Å². The molecule has 1 aromatic rings. The molecule has 1 amide bonds. The van der Waals surface area contributed by atoms with E-state index in [1.807, 2.05) is 6.92 Å². The van der Waals surface area contributed by atoms with Gasteiger partial charge in [0.15, 0.2) is 12.9 Å². The number of rotatable bonds is 5. The van der Waals surface area contributed by atoms with Crippen LogP contribution in [0.1, 0.15) is 17.3 Å². The van der Waals surface area contributed by atoms with Gasteiger partial charge in [-0.25, -0.2) is 0 Å². The number of amides is 1. The van der Waals surface area contributed by atoms with Gasteiger partial charge in [-0.3, -0.25) is 9.59 Å². The highest BCUT2D eigenvalue weighted by molar-refractivity contribution is 5.80. The molecule has 0 N–H and O–H groups in total. The van der Waals surface area contributed by atoms with Crippen molar-refractivity contribution in [1.82, 2.24) is 4.90 Å². The lowest BCUT2D eigenvalue weighted by molar-refractivity contribution is -0.131. The average molecular weight is 221 g/mol. The Balaban J connectivity index is 2.61. The molecule has 0 aliphatic carbocycles. The fourth-order valence-electron chi connectivity index (χ4n) is 1.14. The Hall–Kier alpha value is -1.84. The molecule has 0 spiro atoms. The van der Waals surface area contributed by atoms with Crippen LogP contribution in [0.3, 0.4) is 0 Å². The number of carbonyl (C=O) groups is 2. The molecule has 0 bridgehead atoms. The molecular weight excluding hydrogens is 206 g/mol. The van der Waals surface area contributed by atoms with Crippen molar-refractivity contribution in [3.8, 4) is 5.75 Å². The van der Waals surface area contributed by atoms with Gasteiger partial charge < -0.3 is 9.64 Å². The van der Waals surface area contributed by atoms with Crippen LogP contribution in [-0.2, 0) is 4.79 Å². The maximum Gasteiger partial charge on any atom is 0.260 e. The molecule has 0 aromatic heterocycles. The van der Waals surface area contributed by atoms with Gasteiger partial charge in [0, 0.05) is 13.6 Å². The number of carbonyl (C=O) groups excluding carboxylic acids is 2. The second kappa shape index (κ2) is 5.90. The first-order valence-electron chi connectivity index (χ1n) is 5.10. The van der Waals surface area contributed by atoms with Gasteiger partial charge in [-0.05, 0) is 19.1 Å². The Bertz CT molecular complexity index is 376. The summed E-state index contributed by atoms with van der Waals surface area (Å²) in [4.78, 5) is 23.7. The van der Waals surface area contributed by atoms with E-state index in [2.05, 4.69) is 0 Å². The third kappa shape index (κ3) is 3.08. The summed E-state index contributed by atoms with van der Waals surface area (Å²) in [6, 6.07) is 6.83. The van der Waals surface area contributed by atoms with Crippen LogP contribution in [0.15, 0.2) is 24.3 Å². The summed E-state index contributed by atoms with van der Waals surface area (Å²) >= 11 is 0. The zero-order valence-electron chi connectivity index (χ0n) is 9.47. The molecule has 0 fully saturated rings. The lowest BCUT2D eigenvalue weighted by atomic mass is 10.2. The van der Waals surface area contributed by atoms with Gasteiger partial charge in [0.2, 0.25) is 0 Å². The predicted molar refractivity (Wildman–Crippen MR) is 60.6 cm³/mol. The summed E-state index contributed by atoms with van der Waals surface area (Å²) in [5.74, 6) is 0.332. The SMILES string of the molecule is CCN(C)C(=O)COc1ccccc1C=O. The molecule has 16 heavy (non-hydrogen) atoms. The Labute approximate surface area is 94.8 Å². The summed E-state index contributed by atoms with van der Waals surface area (Å²) in [6.45, 7) is 2.48. The molecule has 0 saturated carbocycles. The van der Waals surface area contributed by atoms with Gasteiger partial charge in [0.1, 0.15) is 5.75 Å². The van der Waals surface area contributed by atoms with Crippen molar-refractivity contribution in [3.63, 3.8) is 0 Å². The summed E-state index contributed by atoms with van der Waals surface area (Å²) in [5, 5.41) is 0. The minimum Gasteiger partial charge on any atom is -0.483 e. The Morgan fingerprint density at radius 2 is 2.12 bits per heavy atom. The van der Waals surface area contributed by atoms with Crippen molar-refractivity contribution in [2.45, 2.75) is 6.92 Å². The molecule has 4 nitrogen and oxygen atoms in total. The predicted octanol–water partition coefficient (Wildman–Crippen LogP) is 1.36. The number of nitrogens with zero attached hydrogens (tertiary/aromatic N) is 1. The third-order valence-electron chi connectivity index (χ3n) is 2.30. The smallest absolute Gasteiger partial charge is 0.260 e. The zero-order valence-corrected chi connectivity index (χ0v) is 9.47. The summed E-state index contributed by atoms with van der Waals surface area (Å²) in [7, 11) is 1.71. The molecule has 0 atom stereocenters.